The number of ether oxygens (including phenoxy) is 3. The van der Waals surface area contributed by atoms with E-state index in [1.54, 1.807) is 32.4 Å². The number of nitrogens with one attached hydrogen (secondary N) is 1. The SMILES string of the molecule is COc1ccc(/C=N\NC(=O)COc2c(C(C)C)cc(Br)c(C)c2Br)c(OC)c1. The molecule has 0 unspecified atom stereocenters. The number of carbonyl (C=O) groups excluding carboxylic acids is 1. The Morgan fingerprint density at radius 3 is 2.55 bits per heavy atom. The molecule has 0 fully saturated rings. The van der Waals surface area contributed by atoms with E-state index in [-0.39, 0.29) is 18.4 Å². The van der Waals surface area contributed by atoms with Gasteiger partial charge in [0.25, 0.3) is 5.91 Å². The number of benzene rings is 2. The third kappa shape index (κ3) is 5.96. The van der Waals surface area contributed by atoms with Crippen LogP contribution in [0.3, 0.4) is 0 Å². The van der Waals surface area contributed by atoms with Crippen LogP contribution in [0, 0.1) is 6.92 Å². The van der Waals surface area contributed by atoms with Crippen LogP contribution in [0.4, 0.5) is 0 Å². The summed E-state index contributed by atoms with van der Waals surface area (Å²) in [7, 11) is 3.14. The molecule has 29 heavy (non-hydrogen) atoms. The fraction of sp³-hybridized carbons (Fsp3) is 0.333. The molecule has 0 saturated heterocycles. The average Bonchev–Trinajstić information content (AvgIpc) is 2.71. The first-order chi connectivity index (χ1) is 13.8. The van der Waals surface area contributed by atoms with Crippen molar-refractivity contribution in [3.63, 3.8) is 0 Å². The second kappa shape index (κ2) is 10.6. The first-order valence-electron chi connectivity index (χ1n) is 8.93. The molecule has 0 bridgehead atoms. The molecule has 0 radical (unpaired) electrons. The van der Waals surface area contributed by atoms with Gasteiger partial charge in [0.15, 0.2) is 6.61 Å². The lowest BCUT2D eigenvalue weighted by atomic mass is 10.0. The van der Waals surface area contributed by atoms with E-state index in [0.717, 1.165) is 20.1 Å². The van der Waals surface area contributed by atoms with E-state index in [1.807, 2.05) is 13.0 Å². The molecule has 1 amide bonds. The third-order valence-corrected chi connectivity index (χ3v) is 6.01. The normalized spacial score (nSPS) is 11.0. The summed E-state index contributed by atoms with van der Waals surface area (Å²) < 4.78 is 18.1. The molecule has 0 aliphatic rings. The van der Waals surface area contributed by atoms with Crippen molar-refractivity contribution in [2.45, 2.75) is 26.7 Å². The molecule has 0 aliphatic heterocycles. The molecule has 0 atom stereocenters. The topological polar surface area (TPSA) is 69.2 Å². The second-order valence-corrected chi connectivity index (χ2v) is 8.21. The van der Waals surface area contributed by atoms with Gasteiger partial charge in [0.1, 0.15) is 17.2 Å². The molecule has 2 aromatic rings. The molecule has 6 nitrogen and oxygen atoms in total. The van der Waals surface area contributed by atoms with Crippen molar-refractivity contribution >= 4 is 44.0 Å². The molecule has 0 aromatic heterocycles. The lowest BCUT2D eigenvalue weighted by molar-refractivity contribution is -0.123. The van der Waals surface area contributed by atoms with Crippen LogP contribution in [0.5, 0.6) is 17.2 Å². The highest BCUT2D eigenvalue weighted by atomic mass is 79.9. The van der Waals surface area contributed by atoms with Gasteiger partial charge in [-0.3, -0.25) is 4.79 Å². The van der Waals surface area contributed by atoms with Crippen molar-refractivity contribution in [3.05, 3.63) is 49.9 Å². The van der Waals surface area contributed by atoms with E-state index in [1.165, 1.54) is 6.21 Å². The molecule has 0 spiro atoms. The maximum atomic E-state index is 12.2. The van der Waals surface area contributed by atoms with Crippen LogP contribution in [-0.2, 0) is 4.79 Å². The van der Waals surface area contributed by atoms with E-state index in [9.17, 15) is 4.79 Å². The standard InChI is InChI=1S/C21H24Br2N2O4/c1-12(2)16-9-17(22)13(3)20(23)21(16)29-11-19(26)25-24-10-14-6-7-15(27-4)8-18(14)28-5/h6-10,12H,11H2,1-5H3,(H,25,26)/b24-10-. The molecule has 156 valence electrons. The van der Waals surface area contributed by atoms with Gasteiger partial charge in [0.2, 0.25) is 0 Å². The van der Waals surface area contributed by atoms with E-state index >= 15 is 0 Å². The fourth-order valence-electron chi connectivity index (χ4n) is 2.56. The Bertz CT molecular complexity index is 914. The van der Waals surface area contributed by atoms with Gasteiger partial charge >= 0.3 is 0 Å². The number of halogens is 2. The van der Waals surface area contributed by atoms with Crippen molar-refractivity contribution in [3.8, 4) is 17.2 Å². The Kier molecular flexibility index (Phi) is 8.52. The zero-order chi connectivity index (χ0) is 21.6. The van der Waals surface area contributed by atoms with Crippen LogP contribution < -0.4 is 19.6 Å². The minimum Gasteiger partial charge on any atom is -0.497 e. The molecular formula is C21H24Br2N2O4. The second-order valence-electron chi connectivity index (χ2n) is 6.56. The van der Waals surface area contributed by atoms with Gasteiger partial charge in [-0.1, -0.05) is 29.8 Å². The molecule has 0 heterocycles. The zero-order valence-corrected chi connectivity index (χ0v) is 20.2. The minimum absolute atomic E-state index is 0.156. The van der Waals surface area contributed by atoms with Crippen LogP contribution in [0.15, 0.2) is 38.3 Å². The summed E-state index contributed by atoms with van der Waals surface area (Å²) in [6, 6.07) is 7.34. The van der Waals surface area contributed by atoms with Crippen molar-refractivity contribution < 1.29 is 19.0 Å². The summed E-state index contributed by atoms with van der Waals surface area (Å²) in [5.74, 6) is 1.80. The van der Waals surface area contributed by atoms with Crippen LogP contribution >= 0.6 is 31.9 Å². The van der Waals surface area contributed by atoms with E-state index in [2.05, 4.69) is 56.2 Å². The summed E-state index contributed by atoms with van der Waals surface area (Å²) in [5, 5.41) is 3.98. The average molecular weight is 528 g/mol. The molecule has 0 saturated carbocycles. The summed E-state index contributed by atoms with van der Waals surface area (Å²) in [6.07, 6.45) is 1.51. The highest BCUT2D eigenvalue weighted by Gasteiger charge is 2.17. The number of hydrogen-bond donors (Lipinski definition) is 1. The Balaban J connectivity index is 2.04. The Labute approximate surface area is 187 Å². The Morgan fingerprint density at radius 1 is 1.21 bits per heavy atom. The van der Waals surface area contributed by atoms with Crippen molar-refractivity contribution in [1.29, 1.82) is 0 Å². The van der Waals surface area contributed by atoms with Crippen LogP contribution in [0.2, 0.25) is 0 Å². The fourth-order valence-corrected chi connectivity index (χ4v) is 3.82. The summed E-state index contributed by atoms with van der Waals surface area (Å²) in [5.41, 5.74) is 5.20. The number of hydrazone groups is 1. The number of carbonyl (C=O) groups is 1. The zero-order valence-electron chi connectivity index (χ0n) is 17.0. The summed E-state index contributed by atoms with van der Waals surface area (Å²) >= 11 is 7.13. The molecule has 2 aromatic carbocycles. The van der Waals surface area contributed by atoms with Crippen molar-refractivity contribution in [2.75, 3.05) is 20.8 Å². The minimum atomic E-state index is -0.365. The maximum absolute atomic E-state index is 12.2. The van der Waals surface area contributed by atoms with Gasteiger partial charge in [0, 0.05) is 16.1 Å². The van der Waals surface area contributed by atoms with Gasteiger partial charge in [0.05, 0.1) is 24.9 Å². The number of amides is 1. The first-order valence-corrected chi connectivity index (χ1v) is 10.5. The molecule has 1 N–H and O–H groups in total. The van der Waals surface area contributed by atoms with Crippen LogP contribution in [0.25, 0.3) is 0 Å². The molecule has 8 heteroatoms. The lowest BCUT2D eigenvalue weighted by Crippen LogP contribution is -2.25. The van der Waals surface area contributed by atoms with Crippen molar-refractivity contribution in [1.82, 2.24) is 5.43 Å². The largest absolute Gasteiger partial charge is 0.497 e. The number of nitrogens with zero attached hydrogens (tertiary/aromatic N) is 1. The number of methoxy groups -OCH3 is 2. The highest BCUT2D eigenvalue weighted by molar-refractivity contribution is 9.11. The van der Waals surface area contributed by atoms with Gasteiger partial charge in [-0.2, -0.15) is 5.10 Å². The highest BCUT2D eigenvalue weighted by Crippen LogP contribution is 2.40. The number of rotatable bonds is 8. The smallest absolute Gasteiger partial charge is 0.277 e. The third-order valence-electron chi connectivity index (χ3n) is 4.23. The van der Waals surface area contributed by atoms with E-state index < -0.39 is 0 Å². The predicted molar refractivity (Wildman–Crippen MR) is 121 cm³/mol. The van der Waals surface area contributed by atoms with E-state index in [0.29, 0.717) is 22.8 Å². The first kappa shape index (κ1) is 23.2. The molecular weight excluding hydrogens is 504 g/mol. The predicted octanol–water partition coefficient (Wildman–Crippen LogP) is 5.19. The van der Waals surface area contributed by atoms with Crippen LogP contribution in [-0.4, -0.2) is 32.9 Å². The van der Waals surface area contributed by atoms with E-state index in [4.69, 9.17) is 14.2 Å². The quantitative estimate of drug-likeness (QED) is 0.379. The Hall–Kier alpha value is -2.06. The molecule has 2 rings (SSSR count). The van der Waals surface area contributed by atoms with Crippen molar-refractivity contribution in [2.24, 2.45) is 5.10 Å². The van der Waals surface area contributed by atoms with Gasteiger partial charge in [-0.05, 0) is 58.1 Å². The van der Waals surface area contributed by atoms with Gasteiger partial charge in [-0.25, -0.2) is 5.43 Å². The monoisotopic (exact) mass is 526 g/mol. The van der Waals surface area contributed by atoms with Gasteiger partial charge in [-0.15, -0.1) is 0 Å². The van der Waals surface area contributed by atoms with Crippen LogP contribution in [0.1, 0.15) is 36.5 Å². The number of hydrogen-bond acceptors (Lipinski definition) is 5. The maximum Gasteiger partial charge on any atom is 0.277 e. The Morgan fingerprint density at radius 2 is 1.93 bits per heavy atom. The lowest BCUT2D eigenvalue weighted by Gasteiger charge is -2.18. The summed E-state index contributed by atoms with van der Waals surface area (Å²) in [4.78, 5) is 12.2. The summed E-state index contributed by atoms with van der Waals surface area (Å²) in [6.45, 7) is 5.96. The van der Waals surface area contributed by atoms with Gasteiger partial charge < -0.3 is 14.2 Å². The molecule has 0 aliphatic carbocycles.